The Morgan fingerprint density at radius 3 is 2.85 bits per heavy atom. The molecule has 3 heterocycles. The van der Waals surface area contributed by atoms with Crippen molar-refractivity contribution in [3.05, 3.63) is 35.3 Å². The van der Waals surface area contributed by atoms with E-state index in [-0.39, 0.29) is 0 Å². The molecule has 6 heteroatoms. The second kappa shape index (κ2) is 5.20. The lowest BCUT2D eigenvalue weighted by Crippen LogP contribution is -2.06. The Morgan fingerprint density at radius 2 is 2.10 bits per heavy atom. The first kappa shape index (κ1) is 13.1. The van der Waals surface area contributed by atoms with Crippen molar-refractivity contribution in [1.29, 1.82) is 0 Å². The van der Waals surface area contributed by atoms with E-state index in [2.05, 4.69) is 26.4 Å². The number of thiazole rings is 1. The predicted molar refractivity (Wildman–Crippen MR) is 82.3 cm³/mol. The highest BCUT2D eigenvalue weighted by Crippen LogP contribution is 2.27. The molecule has 0 saturated carbocycles. The number of nitrogens with one attached hydrogen (secondary N) is 1. The summed E-state index contributed by atoms with van der Waals surface area (Å²) in [6, 6.07) is 6.12. The van der Waals surface area contributed by atoms with Crippen molar-refractivity contribution in [1.82, 2.24) is 19.7 Å². The maximum absolute atomic E-state index is 4.57. The summed E-state index contributed by atoms with van der Waals surface area (Å²) in [6.45, 7) is 4.87. The number of aryl methyl sites for hydroxylation is 3. The van der Waals surface area contributed by atoms with Gasteiger partial charge in [0.1, 0.15) is 0 Å². The van der Waals surface area contributed by atoms with Gasteiger partial charge in [0.25, 0.3) is 0 Å². The molecular weight excluding hydrogens is 270 g/mol. The third-order valence-corrected chi connectivity index (χ3v) is 4.26. The van der Waals surface area contributed by atoms with Crippen LogP contribution in [0.1, 0.15) is 17.1 Å². The van der Waals surface area contributed by atoms with E-state index in [1.165, 1.54) is 0 Å². The van der Waals surface area contributed by atoms with Gasteiger partial charge < -0.3 is 5.32 Å². The quantitative estimate of drug-likeness (QED) is 0.801. The summed E-state index contributed by atoms with van der Waals surface area (Å²) >= 11 is 1.66. The van der Waals surface area contributed by atoms with Gasteiger partial charge in [-0.1, -0.05) is 17.4 Å². The van der Waals surface area contributed by atoms with Gasteiger partial charge in [-0.05, 0) is 26.0 Å². The van der Waals surface area contributed by atoms with Crippen molar-refractivity contribution in [3.63, 3.8) is 0 Å². The smallest absolute Gasteiger partial charge is 0.185 e. The fourth-order valence-electron chi connectivity index (χ4n) is 2.20. The third kappa shape index (κ3) is 2.51. The van der Waals surface area contributed by atoms with Crippen molar-refractivity contribution >= 4 is 26.8 Å². The lowest BCUT2D eigenvalue weighted by molar-refractivity contribution is 0.774. The number of nitrogens with zero attached hydrogens (tertiary/aromatic N) is 4. The average molecular weight is 287 g/mol. The maximum atomic E-state index is 4.57. The summed E-state index contributed by atoms with van der Waals surface area (Å²) in [4.78, 5) is 9.06. The van der Waals surface area contributed by atoms with E-state index in [0.717, 1.165) is 45.5 Å². The van der Waals surface area contributed by atoms with Crippen LogP contribution in [0.15, 0.2) is 18.2 Å². The highest BCUT2D eigenvalue weighted by molar-refractivity contribution is 7.22. The molecule has 0 fully saturated rings. The molecule has 0 radical (unpaired) electrons. The van der Waals surface area contributed by atoms with Crippen molar-refractivity contribution in [2.45, 2.75) is 20.3 Å². The number of anilines is 1. The molecule has 104 valence electrons. The first-order valence-corrected chi connectivity index (χ1v) is 7.41. The van der Waals surface area contributed by atoms with Crippen LogP contribution in [0.5, 0.6) is 0 Å². The predicted octanol–water partition coefficient (Wildman–Crippen LogP) is 2.70. The van der Waals surface area contributed by atoms with Gasteiger partial charge in [0.2, 0.25) is 0 Å². The van der Waals surface area contributed by atoms with E-state index in [9.17, 15) is 0 Å². The minimum atomic E-state index is 0.836. The molecule has 20 heavy (non-hydrogen) atoms. The summed E-state index contributed by atoms with van der Waals surface area (Å²) in [5.74, 6) is 0. The van der Waals surface area contributed by atoms with Crippen LogP contribution in [0.4, 0.5) is 5.13 Å². The topological polar surface area (TPSA) is 55.6 Å². The Bertz CT molecular complexity index is 709. The average Bonchev–Trinajstić information content (AvgIpc) is 2.92. The monoisotopic (exact) mass is 287 g/mol. The fraction of sp³-hybridized carbons (Fsp3) is 0.357. The number of rotatable bonds is 4. The zero-order chi connectivity index (χ0) is 14.1. The molecule has 0 aliphatic rings. The van der Waals surface area contributed by atoms with Crippen LogP contribution in [0.25, 0.3) is 10.3 Å². The molecule has 0 bridgehead atoms. The molecule has 5 nitrogen and oxygen atoms in total. The molecule has 3 aromatic rings. The molecule has 0 saturated heterocycles. The van der Waals surface area contributed by atoms with Crippen molar-refractivity contribution < 1.29 is 0 Å². The molecule has 1 N–H and O–H groups in total. The standard InChI is InChI=1S/C14H17N5S/c1-9-5-4-6-11(16-9)7-8-15-14-17-13-12(20-14)10(2)18-19(13)3/h4-6H,7-8H2,1-3H3,(H,15,17). The highest BCUT2D eigenvalue weighted by Gasteiger charge is 2.11. The Kier molecular flexibility index (Phi) is 3.40. The first-order valence-electron chi connectivity index (χ1n) is 6.60. The van der Waals surface area contributed by atoms with Gasteiger partial charge in [-0.2, -0.15) is 5.10 Å². The molecular formula is C14H17N5S. The van der Waals surface area contributed by atoms with Gasteiger partial charge in [0, 0.05) is 31.4 Å². The lowest BCUT2D eigenvalue weighted by atomic mass is 10.2. The second-order valence-corrected chi connectivity index (χ2v) is 5.83. The Morgan fingerprint density at radius 1 is 1.25 bits per heavy atom. The largest absolute Gasteiger partial charge is 0.361 e. The summed E-state index contributed by atoms with van der Waals surface area (Å²) in [5.41, 5.74) is 4.15. The van der Waals surface area contributed by atoms with Crippen LogP contribution >= 0.6 is 11.3 Å². The Balaban J connectivity index is 1.66. The molecule has 0 unspecified atom stereocenters. The van der Waals surface area contributed by atoms with Gasteiger partial charge >= 0.3 is 0 Å². The second-order valence-electron chi connectivity index (χ2n) is 4.83. The van der Waals surface area contributed by atoms with Gasteiger partial charge in [0.05, 0.1) is 10.4 Å². The summed E-state index contributed by atoms with van der Waals surface area (Å²) in [6.07, 6.45) is 0.898. The van der Waals surface area contributed by atoms with Crippen molar-refractivity contribution in [2.75, 3.05) is 11.9 Å². The fourth-order valence-corrected chi connectivity index (χ4v) is 3.15. The Hall–Kier alpha value is -1.95. The molecule has 0 aromatic carbocycles. The lowest BCUT2D eigenvalue weighted by Gasteiger charge is -2.03. The van der Waals surface area contributed by atoms with Crippen LogP contribution < -0.4 is 5.32 Å². The van der Waals surface area contributed by atoms with Gasteiger partial charge in [-0.25, -0.2) is 9.67 Å². The molecule has 0 aliphatic heterocycles. The maximum Gasteiger partial charge on any atom is 0.185 e. The van der Waals surface area contributed by atoms with Crippen molar-refractivity contribution in [3.8, 4) is 0 Å². The van der Waals surface area contributed by atoms with Crippen LogP contribution in [0.2, 0.25) is 0 Å². The van der Waals surface area contributed by atoms with Crippen LogP contribution in [0.3, 0.4) is 0 Å². The van der Waals surface area contributed by atoms with Gasteiger partial charge in [-0.3, -0.25) is 4.98 Å². The third-order valence-electron chi connectivity index (χ3n) is 3.15. The zero-order valence-electron chi connectivity index (χ0n) is 11.8. The molecule has 3 aromatic heterocycles. The van der Waals surface area contributed by atoms with Crippen LogP contribution in [-0.2, 0) is 13.5 Å². The van der Waals surface area contributed by atoms with Gasteiger partial charge in [0.15, 0.2) is 10.8 Å². The molecule has 0 amide bonds. The molecule has 3 rings (SSSR count). The molecule has 0 atom stereocenters. The summed E-state index contributed by atoms with van der Waals surface area (Å²) in [7, 11) is 1.93. The highest BCUT2D eigenvalue weighted by atomic mass is 32.1. The summed E-state index contributed by atoms with van der Waals surface area (Å²) < 4.78 is 2.98. The van der Waals surface area contributed by atoms with E-state index in [1.807, 2.05) is 37.7 Å². The zero-order valence-corrected chi connectivity index (χ0v) is 12.7. The SMILES string of the molecule is Cc1cccc(CCNc2nc3c(s2)c(C)nn3C)n1. The van der Waals surface area contributed by atoms with E-state index in [4.69, 9.17) is 0 Å². The van der Waals surface area contributed by atoms with Crippen LogP contribution in [-0.4, -0.2) is 26.3 Å². The molecule has 0 aliphatic carbocycles. The summed E-state index contributed by atoms with van der Waals surface area (Å²) in [5, 5.41) is 8.67. The van der Waals surface area contributed by atoms with Gasteiger partial charge in [-0.15, -0.1) is 0 Å². The minimum absolute atomic E-state index is 0.836. The normalized spacial score (nSPS) is 11.2. The minimum Gasteiger partial charge on any atom is -0.361 e. The number of aromatic nitrogens is 4. The first-order chi connectivity index (χ1) is 9.63. The number of hydrogen-bond acceptors (Lipinski definition) is 5. The Labute approximate surface area is 121 Å². The van der Waals surface area contributed by atoms with E-state index < -0.39 is 0 Å². The molecule has 0 spiro atoms. The number of pyridine rings is 1. The number of fused-ring (bicyclic) bond motifs is 1. The van der Waals surface area contributed by atoms with Crippen molar-refractivity contribution in [2.24, 2.45) is 7.05 Å². The van der Waals surface area contributed by atoms with E-state index in [0.29, 0.717) is 0 Å². The number of hydrogen-bond donors (Lipinski definition) is 1. The van der Waals surface area contributed by atoms with E-state index >= 15 is 0 Å². The van der Waals surface area contributed by atoms with E-state index in [1.54, 1.807) is 11.3 Å². The van der Waals surface area contributed by atoms with Crippen LogP contribution in [0, 0.1) is 13.8 Å².